The summed E-state index contributed by atoms with van der Waals surface area (Å²) in [7, 11) is 1.94. The van der Waals surface area contributed by atoms with Crippen molar-refractivity contribution in [1.29, 1.82) is 0 Å². The van der Waals surface area contributed by atoms with Gasteiger partial charge in [-0.1, -0.05) is 0 Å². The third kappa shape index (κ3) is 3.05. The first-order chi connectivity index (χ1) is 5.68. The van der Waals surface area contributed by atoms with Gasteiger partial charge in [0.2, 0.25) is 0 Å². The van der Waals surface area contributed by atoms with E-state index in [1.807, 2.05) is 24.9 Å². The molecule has 0 saturated carbocycles. The minimum Gasteiger partial charge on any atom is -0.328 e. The molecule has 1 rings (SSSR count). The summed E-state index contributed by atoms with van der Waals surface area (Å²) in [6.07, 6.45) is 5.23. The lowest BCUT2D eigenvalue weighted by molar-refractivity contribution is 0.614. The fourth-order valence-electron chi connectivity index (χ4n) is 1.20. The Labute approximate surface area is 73.6 Å². The Morgan fingerprint density at radius 3 is 2.92 bits per heavy atom. The van der Waals surface area contributed by atoms with Gasteiger partial charge in [-0.15, -0.1) is 0 Å². The first-order valence-electron chi connectivity index (χ1n) is 4.42. The molecule has 0 saturated heterocycles. The molecule has 0 radical (unpaired) electrons. The van der Waals surface area contributed by atoms with Crippen LogP contribution in [0.1, 0.15) is 25.5 Å². The molecular weight excluding hydrogens is 150 g/mol. The summed E-state index contributed by atoms with van der Waals surface area (Å²) in [5, 5.41) is 4.28. The minimum absolute atomic E-state index is 0.314. The molecule has 0 aliphatic carbocycles. The molecule has 1 aromatic heterocycles. The molecule has 1 heterocycles. The lowest BCUT2D eigenvalue weighted by atomic mass is 10.1. The lowest BCUT2D eigenvalue weighted by Crippen LogP contribution is -2.14. The first-order valence-corrected chi connectivity index (χ1v) is 4.42. The van der Waals surface area contributed by atoms with E-state index >= 15 is 0 Å². The van der Waals surface area contributed by atoms with Crippen LogP contribution in [0, 0.1) is 0 Å². The SMILES string of the molecule is CC(N)CCCc1ccn(C)n1. The van der Waals surface area contributed by atoms with E-state index < -0.39 is 0 Å². The van der Waals surface area contributed by atoms with Gasteiger partial charge in [-0.3, -0.25) is 4.68 Å². The smallest absolute Gasteiger partial charge is 0.0624 e. The molecule has 0 aromatic carbocycles. The molecule has 68 valence electrons. The maximum absolute atomic E-state index is 5.64. The predicted octanol–water partition coefficient (Wildman–Crippen LogP) is 1.09. The van der Waals surface area contributed by atoms with Crippen molar-refractivity contribution in [1.82, 2.24) is 9.78 Å². The number of nitrogens with zero attached hydrogens (tertiary/aromatic N) is 2. The third-order valence-corrected chi connectivity index (χ3v) is 1.86. The molecule has 0 aliphatic rings. The number of hydrogen-bond acceptors (Lipinski definition) is 2. The van der Waals surface area contributed by atoms with Crippen LogP contribution in [-0.4, -0.2) is 15.8 Å². The van der Waals surface area contributed by atoms with Gasteiger partial charge in [0.15, 0.2) is 0 Å². The number of aryl methyl sites for hydroxylation is 2. The molecule has 3 nitrogen and oxygen atoms in total. The van der Waals surface area contributed by atoms with Crippen molar-refractivity contribution < 1.29 is 0 Å². The van der Waals surface area contributed by atoms with Gasteiger partial charge in [-0.2, -0.15) is 5.10 Å². The first kappa shape index (κ1) is 9.26. The average molecular weight is 167 g/mol. The second-order valence-electron chi connectivity index (χ2n) is 3.35. The van der Waals surface area contributed by atoms with Crippen molar-refractivity contribution in [2.24, 2.45) is 12.8 Å². The van der Waals surface area contributed by atoms with E-state index in [0.29, 0.717) is 6.04 Å². The van der Waals surface area contributed by atoms with Gasteiger partial charge >= 0.3 is 0 Å². The Bertz CT molecular complexity index is 227. The van der Waals surface area contributed by atoms with Gasteiger partial charge in [0.05, 0.1) is 5.69 Å². The van der Waals surface area contributed by atoms with E-state index in [4.69, 9.17) is 5.73 Å². The van der Waals surface area contributed by atoms with Crippen molar-refractivity contribution >= 4 is 0 Å². The van der Waals surface area contributed by atoms with Gasteiger partial charge in [0, 0.05) is 19.3 Å². The van der Waals surface area contributed by atoms with Crippen LogP contribution in [0.2, 0.25) is 0 Å². The molecule has 3 heteroatoms. The van der Waals surface area contributed by atoms with Gasteiger partial charge in [-0.05, 0) is 32.3 Å². The van der Waals surface area contributed by atoms with E-state index in [2.05, 4.69) is 11.2 Å². The minimum atomic E-state index is 0.314. The molecule has 1 aromatic rings. The molecule has 0 fully saturated rings. The second-order valence-corrected chi connectivity index (χ2v) is 3.35. The number of nitrogens with two attached hydrogens (primary N) is 1. The molecule has 1 atom stereocenters. The standard InChI is InChI=1S/C9H17N3/c1-8(10)4-3-5-9-6-7-12(2)11-9/h6-8H,3-5,10H2,1-2H3. The van der Waals surface area contributed by atoms with Gasteiger partial charge in [0.25, 0.3) is 0 Å². The van der Waals surface area contributed by atoms with Crippen LogP contribution < -0.4 is 5.73 Å². The largest absolute Gasteiger partial charge is 0.328 e. The zero-order valence-corrected chi connectivity index (χ0v) is 7.83. The van der Waals surface area contributed by atoms with Crippen LogP contribution in [0.4, 0.5) is 0 Å². The molecule has 0 bridgehead atoms. The molecule has 12 heavy (non-hydrogen) atoms. The summed E-state index contributed by atoms with van der Waals surface area (Å²) in [4.78, 5) is 0. The molecule has 1 unspecified atom stereocenters. The van der Waals surface area contributed by atoms with E-state index in [-0.39, 0.29) is 0 Å². The highest BCUT2D eigenvalue weighted by Gasteiger charge is 1.98. The number of hydrogen-bond donors (Lipinski definition) is 1. The van der Waals surface area contributed by atoms with E-state index in [0.717, 1.165) is 25.0 Å². The monoisotopic (exact) mass is 167 g/mol. The Hall–Kier alpha value is -0.830. The predicted molar refractivity (Wildman–Crippen MR) is 49.8 cm³/mol. The summed E-state index contributed by atoms with van der Waals surface area (Å²) >= 11 is 0. The van der Waals surface area contributed by atoms with Crippen LogP contribution in [0.25, 0.3) is 0 Å². The lowest BCUT2D eigenvalue weighted by Gasteiger charge is -2.01. The Morgan fingerprint density at radius 2 is 2.42 bits per heavy atom. The fraction of sp³-hybridized carbons (Fsp3) is 0.667. The van der Waals surface area contributed by atoms with Gasteiger partial charge < -0.3 is 5.73 Å². The second kappa shape index (κ2) is 4.26. The Kier molecular flexibility index (Phi) is 3.29. The molecule has 0 amide bonds. The molecule has 2 N–H and O–H groups in total. The van der Waals surface area contributed by atoms with Crippen LogP contribution in [0.3, 0.4) is 0 Å². The van der Waals surface area contributed by atoms with Crippen LogP contribution in [0.15, 0.2) is 12.3 Å². The highest BCUT2D eigenvalue weighted by molar-refractivity contribution is 4.98. The zero-order chi connectivity index (χ0) is 8.97. The summed E-state index contributed by atoms with van der Waals surface area (Å²) in [5.74, 6) is 0. The summed E-state index contributed by atoms with van der Waals surface area (Å²) < 4.78 is 1.83. The van der Waals surface area contributed by atoms with Crippen molar-refractivity contribution in [2.45, 2.75) is 32.2 Å². The maximum Gasteiger partial charge on any atom is 0.0624 e. The Morgan fingerprint density at radius 1 is 1.67 bits per heavy atom. The van der Waals surface area contributed by atoms with Gasteiger partial charge in [0.1, 0.15) is 0 Å². The summed E-state index contributed by atoms with van der Waals surface area (Å²) in [5.41, 5.74) is 6.80. The van der Waals surface area contributed by atoms with Crippen molar-refractivity contribution in [3.8, 4) is 0 Å². The van der Waals surface area contributed by atoms with Crippen LogP contribution >= 0.6 is 0 Å². The summed E-state index contributed by atoms with van der Waals surface area (Å²) in [6.45, 7) is 2.04. The van der Waals surface area contributed by atoms with Crippen molar-refractivity contribution in [2.75, 3.05) is 0 Å². The topological polar surface area (TPSA) is 43.8 Å². The molecule has 0 spiro atoms. The molecular formula is C9H17N3. The number of aromatic nitrogens is 2. The quantitative estimate of drug-likeness (QED) is 0.729. The average Bonchev–Trinajstić information content (AvgIpc) is 2.35. The van der Waals surface area contributed by atoms with E-state index in [1.165, 1.54) is 0 Å². The van der Waals surface area contributed by atoms with Crippen molar-refractivity contribution in [3.63, 3.8) is 0 Å². The highest BCUT2D eigenvalue weighted by atomic mass is 15.2. The van der Waals surface area contributed by atoms with Crippen LogP contribution in [-0.2, 0) is 13.5 Å². The van der Waals surface area contributed by atoms with Gasteiger partial charge in [-0.25, -0.2) is 0 Å². The Balaban J connectivity index is 2.24. The number of rotatable bonds is 4. The normalized spacial score (nSPS) is 13.2. The van der Waals surface area contributed by atoms with Crippen molar-refractivity contribution in [3.05, 3.63) is 18.0 Å². The fourth-order valence-corrected chi connectivity index (χ4v) is 1.20. The highest BCUT2D eigenvalue weighted by Crippen LogP contribution is 2.02. The maximum atomic E-state index is 5.64. The van der Waals surface area contributed by atoms with E-state index in [9.17, 15) is 0 Å². The molecule has 0 aliphatic heterocycles. The van der Waals surface area contributed by atoms with E-state index in [1.54, 1.807) is 0 Å². The zero-order valence-electron chi connectivity index (χ0n) is 7.83. The summed E-state index contributed by atoms with van der Waals surface area (Å²) in [6, 6.07) is 2.37. The van der Waals surface area contributed by atoms with Crippen LogP contribution in [0.5, 0.6) is 0 Å². The third-order valence-electron chi connectivity index (χ3n) is 1.86.